The van der Waals surface area contributed by atoms with Crippen LogP contribution in [0.3, 0.4) is 0 Å². The number of rotatable bonds is 9. The maximum atomic E-state index is 13.2. The summed E-state index contributed by atoms with van der Waals surface area (Å²) in [5, 5.41) is 7.06. The molecule has 1 saturated heterocycles. The Morgan fingerprint density at radius 2 is 1.97 bits per heavy atom. The van der Waals surface area contributed by atoms with Crippen LogP contribution in [-0.4, -0.2) is 72.2 Å². The van der Waals surface area contributed by atoms with Crippen molar-refractivity contribution in [2.45, 2.75) is 25.8 Å². The van der Waals surface area contributed by atoms with Gasteiger partial charge in [-0.15, -0.1) is 0 Å². The van der Waals surface area contributed by atoms with E-state index in [0.29, 0.717) is 29.3 Å². The maximum absolute atomic E-state index is 13.2. The Balaban J connectivity index is 1.44. The monoisotopic (exact) mass is 525 g/mol. The van der Waals surface area contributed by atoms with Crippen molar-refractivity contribution in [3.63, 3.8) is 0 Å². The van der Waals surface area contributed by atoms with Crippen LogP contribution in [0.2, 0.25) is 5.02 Å². The molecule has 0 bridgehead atoms. The molecule has 3 aromatic rings. The van der Waals surface area contributed by atoms with E-state index in [0.717, 1.165) is 49.2 Å². The number of hydrogen-bond acceptors (Lipinski definition) is 8. The molecule has 1 aromatic carbocycles. The van der Waals surface area contributed by atoms with Crippen molar-refractivity contribution in [1.82, 2.24) is 24.8 Å². The number of benzene rings is 1. The molecule has 196 valence electrons. The van der Waals surface area contributed by atoms with E-state index in [4.69, 9.17) is 16.3 Å². The maximum Gasteiger partial charge on any atom is 0.293 e. The lowest BCUT2D eigenvalue weighted by molar-refractivity contribution is -0.122. The second-order valence-electron chi connectivity index (χ2n) is 9.71. The van der Waals surface area contributed by atoms with Gasteiger partial charge >= 0.3 is 0 Å². The minimum Gasteiger partial charge on any atom is -0.478 e. The molecule has 0 radical (unpaired) electrons. The summed E-state index contributed by atoms with van der Waals surface area (Å²) in [5.74, 6) is 1.69. The van der Waals surface area contributed by atoms with E-state index in [1.165, 1.54) is 19.9 Å². The van der Waals surface area contributed by atoms with Crippen molar-refractivity contribution in [3.05, 3.63) is 45.8 Å². The first-order valence-corrected chi connectivity index (χ1v) is 13.0. The number of ether oxygens (including phenoxy) is 1. The average molecular weight is 526 g/mol. The van der Waals surface area contributed by atoms with Crippen molar-refractivity contribution in [2.24, 2.45) is 5.92 Å². The smallest absolute Gasteiger partial charge is 0.293 e. The van der Waals surface area contributed by atoms with E-state index >= 15 is 0 Å². The van der Waals surface area contributed by atoms with Gasteiger partial charge in [-0.2, -0.15) is 4.98 Å². The summed E-state index contributed by atoms with van der Waals surface area (Å²) in [7, 11) is 3.64. The van der Waals surface area contributed by atoms with Crippen molar-refractivity contribution < 1.29 is 9.53 Å². The Kier molecular flexibility index (Phi) is 7.48. The van der Waals surface area contributed by atoms with Gasteiger partial charge in [0, 0.05) is 50.8 Å². The molecule has 0 unspecified atom stereocenters. The van der Waals surface area contributed by atoms with Gasteiger partial charge in [-0.25, -0.2) is 4.98 Å². The number of carbonyl (C=O) groups excluding carboxylic acids is 1. The number of nitrogens with zero attached hydrogens (tertiary/aromatic N) is 5. The van der Waals surface area contributed by atoms with Crippen LogP contribution in [0.1, 0.15) is 19.3 Å². The summed E-state index contributed by atoms with van der Waals surface area (Å²) in [5.41, 5.74) is 1.35. The first-order chi connectivity index (χ1) is 17.9. The highest BCUT2D eigenvalue weighted by atomic mass is 35.5. The van der Waals surface area contributed by atoms with Crippen molar-refractivity contribution >= 4 is 45.9 Å². The number of aromatic nitrogens is 3. The number of halogens is 1. The second kappa shape index (κ2) is 10.9. The number of likely N-dealkylation sites (N-methyl/N-ethyl adjacent to an activating group) is 2. The number of amides is 1. The number of aryl methyl sites for hydroxylation is 1. The van der Waals surface area contributed by atoms with Crippen LogP contribution in [-0.2, 0) is 11.3 Å². The van der Waals surface area contributed by atoms with Gasteiger partial charge in [0.2, 0.25) is 5.95 Å². The zero-order chi connectivity index (χ0) is 25.9. The molecule has 3 heterocycles. The standard InChI is InChI=1S/C26H32ClN7O3/c1-28-23(35)16-37-22-14-18-13-19(5-6-21(18)34(25(22)36)8-7-17-3-4-17)30-24-20(27)15-29-26(31-24)33-11-9-32(2)10-12-33/h5-6,13-15,17H,3-4,7-12,16H2,1-2H3,(H,28,35)(H,29,30,31). The fourth-order valence-electron chi connectivity index (χ4n) is 4.44. The number of piperazine rings is 1. The Labute approximate surface area is 220 Å². The van der Waals surface area contributed by atoms with Crippen LogP contribution in [0.4, 0.5) is 17.5 Å². The molecule has 2 fully saturated rings. The highest BCUT2D eigenvalue weighted by Gasteiger charge is 2.22. The molecule has 1 aliphatic heterocycles. The van der Waals surface area contributed by atoms with E-state index in [9.17, 15) is 9.59 Å². The average Bonchev–Trinajstić information content (AvgIpc) is 3.73. The van der Waals surface area contributed by atoms with Crippen LogP contribution in [0.5, 0.6) is 5.75 Å². The number of fused-ring (bicyclic) bond motifs is 1. The van der Waals surface area contributed by atoms with Gasteiger partial charge in [0.25, 0.3) is 11.5 Å². The lowest BCUT2D eigenvalue weighted by Crippen LogP contribution is -2.45. The molecule has 1 amide bonds. The predicted molar refractivity (Wildman–Crippen MR) is 145 cm³/mol. The van der Waals surface area contributed by atoms with Gasteiger partial charge in [0.1, 0.15) is 5.02 Å². The second-order valence-corrected chi connectivity index (χ2v) is 10.1. The predicted octanol–water partition coefficient (Wildman–Crippen LogP) is 2.87. The number of anilines is 3. The normalized spacial score (nSPS) is 16.1. The molecule has 2 aromatic heterocycles. The topological polar surface area (TPSA) is 105 Å². The summed E-state index contributed by atoms with van der Waals surface area (Å²) in [4.78, 5) is 38.5. The van der Waals surface area contributed by atoms with E-state index in [1.807, 2.05) is 18.2 Å². The van der Waals surface area contributed by atoms with Crippen LogP contribution in [0, 0.1) is 5.92 Å². The fourth-order valence-corrected chi connectivity index (χ4v) is 4.58. The Hall–Kier alpha value is -3.37. The van der Waals surface area contributed by atoms with E-state index < -0.39 is 0 Å². The molecule has 1 saturated carbocycles. The highest BCUT2D eigenvalue weighted by Crippen LogP contribution is 2.33. The SMILES string of the molecule is CNC(=O)COc1cc2cc(Nc3nc(N4CCN(C)CC4)ncc3Cl)ccc2n(CCC2CC2)c1=O. The third-order valence-corrected chi connectivity index (χ3v) is 7.21. The summed E-state index contributed by atoms with van der Waals surface area (Å²) in [6.07, 6.45) is 4.98. The number of hydrogen-bond donors (Lipinski definition) is 2. The first kappa shape index (κ1) is 25.3. The molecule has 10 nitrogen and oxygen atoms in total. The number of pyridine rings is 1. The Morgan fingerprint density at radius 1 is 1.19 bits per heavy atom. The molecule has 2 N–H and O–H groups in total. The van der Waals surface area contributed by atoms with Gasteiger partial charge < -0.3 is 29.7 Å². The lowest BCUT2D eigenvalue weighted by atomic mass is 10.1. The molecule has 2 aliphatic rings. The molecule has 11 heteroatoms. The highest BCUT2D eigenvalue weighted by molar-refractivity contribution is 6.32. The van der Waals surface area contributed by atoms with Gasteiger partial charge in [-0.1, -0.05) is 24.4 Å². The quantitative estimate of drug-likeness (QED) is 0.439. The molecular formula is C26H32ClN7O3. The van der Waals surface area contributed by atoms with Gasteiger partial charge in [0.15, 0.2) is 18.2 Å². The number of nitrogens with one attached hydrogen (secondary N) is 2. The minimum absolute atomic E-state index is 0.154. The van der Waals surface area contributed by atoms with Crippen molar-refractivity contribution in [3.8, 4) is 5.75 Å². The van der Waals surface area contributed by atoms with E-state index in [2.05, 4.69) is 37.4 Å². The van der Waals surface area contributed by atoms with E-state index in [1.54, 1.807) is 16.8 Å². The van der Waals surface area contributed by atoms with Crippen molar-refractivity contribution in [1.29, 1.82) is 0 Å². The lowest BCUT2D eigenvalue weighted by Gasteiger charge is -2.32. The molecule has 5 rings (SSSR count). The zero-order valence-electron chi connectivity index (χ0n) is 21.2. The molecule has 0 atom stereocenters. The summed E-state index contributed by atoms with van der Waals surface area (Å²) in [6.45, 7) is 3.99. The first-order valence-electron chi connectivity index (χ1n) is 12.7. The summed E-state index contributed by atoms with van der Waals surface area (Å²) < 4.78 is 7.36. The van der Waals surface area contributed by atoms with E-state index in [-0.39, 0.29) is 23.8 Å². The Bertz CT molecular complexity index is 1350. The third kappa shape index (κ3) is 5.97. The van der Waals surface area contributed by atoms with Gasteiger partial charge in [0.05, 0.1) is 11.7 Å². The molecule has 0 spiro atoms. The number of carbonyl (C=O) groups is 1. The van der Waals surface area contributed by atoms with Crippen molar-refractivity contribution in [2.75, 3.05) is 57.1 Å². The summed E-state index contributed by atoms with van der Waals surface area (Å²) >= 11 is 6.44. The van der Waals surface area contributed by atoms with Gasteiger partial charge in [-0.05, 0) is 43.7 Å². The molecule has 1 aliphatic carbocycles. The van der Waals surface area contributed by atoms with Crippen LogP contribution < -0.4 is 25.8 Å². The zero-order valence-corrected chi connectivity index (χ0v) is 21.9. The van der Waals surface area contributed by atoms with Crippen LogP contribution >= 0.6 is 11.6 Å². The Morgan fingerprint density at radius 3 is 2.70 bits per heavy atom. The fraction of sp³-hybridized carbons (Fsp3) is 0.462. The van der Waals surface area contributed by atoms with Crippen LogP contribution in [0.15, 0.2) is 35.3 Å². The van der Waals surface area contributed by atoms with Gasteiger partial charge in [-0.3, -0.25) is 9.59 Å². The third-order valence-electron chi connectivity index (χ3n) is 6.94. The molecular weight excluding hydrogens is 494 g/mol. The summed E-state index contributed by atoms with van der Waals surface area (Å²) in [6, 6.07) is 7.46. The minimum atomic E-state index is -0.297. The molecule has 37 heavy (non-hydrogen) atoms. The largest absolute Gasteiger partial charge is 0.478 e. The van der Waals surface area contributed by atoms with Crippen LogP contribution in [0.25, 0.3) is 10.9 Å².